The molecule has 25 heavy (non-hydrogen) atoms. The highest BCUT2D eigenvalue weighted by molar-refractivity contribution is 7.12. The van der Waals surface area contributed by atoms with Gasteiger partial charge in [-0.1, -0.05) is 29.5 Å². The predicted molar refractivity (Wildman–Crippen MR) is 99.1 cm³/mol. The van der Waals surface area contributed by atoms with Crippen LogP contribution in [0.1, 0.15) is 16.1 Å². The topological polar surface area (TPSA) is 79.8 Å². The molecule has 0 saturated heterocycles. The van der Waals surface area contributed by atoms with Crippen LogP contribution in [0.15, 0.2) is 53.8 Å². The standard InChI is InChI=1S/C18H16N4O2S/c23-17(20-6-3-8-22-9-7-19-11-22)15-10-13-12-4-1-2-5-14(12)21-16(13)18(24)25-15/h1-2,4-5,7,9-11,21H,3,6,8H2,(H,20,23). The number of aromatic amines is 1. The van der Waals surface area contributed by atoms with E-state index in [1.165, 1.54) is 0 Å². The second-order valence-electron chi connectivity index (χ2n) is 5.77. The minimum Gasteiger partial charge on any atom is -0.351 e. The van der Waals surface area contributed by atoms with Crippen molar-refractivity contribution in [1.29, 1.82) is 0 Å². The number of nitrogens with zero attached hydrogens (tertiary/aromatic N) is 2. The quantitative estimate of drug-likeness (QED) is 0.542. The molecule has 2 N–H and O–H groups in total. The minimum absolute atomic E-state index is 0.128. The van der Waals surface area contributed by atoms with E-state index in [1.54, 1.807) is 18.6 Å². The van der Waals surface area contributed by atoms with Gasteiger partial charge in [-0.25, -0.2) is 4.98 Å². The van der Waals surface area contributed by atoms with E-state index in [4.69, 9.17) is 0 Å². The molecular weight excluding hydrogens is 336 g/mol. The molecule has 0 aliphatic heterocycles. The van der Waals surface area contributed by atoms with Gasteiger partial charge in [0.25, 0.3) is 10.6 Å². The van der Waals surface area contributed by atoms with Crippen molar-refractivity contribution in [1.82, 2.24) is 19.9 Å². The third-order valence-electron chi connectivity index (χ3n) is 4.09. The van der Waals surface area contributed by atoms with Gasteiger partial charge in [0.2, 0.25) is 0 Å². The minimum atomic E-state index is -0.208. The molecule has 0 saturated carbocycles. The van der Waals surface area contributed by atoms with Crippen molar-refractivity contribution in [3.05, 3.63) is 63.5 Å². The number of rotatable bonds is 5. The van der Waals surface area contributed by atoms with Gasteiger partial charge in [-0.3, -0.25) is 9.59 Å². The Morgan fingerprint density at radius 2 is 2.16 bits per heavy atom. The number of carbonyl (C=O) groups excluding carboxylic acids is 1. The maximum atomic E-state index is 12.4. The van der Waals surface area contributed by atoms with E-state index < -0.39 is 0 Å². The van der Waals surface area contributed by atoms with Crippen LogP contribution < -0.4 is 10.1 Å². The van der Waals surface area contributed by atoms with Crippen LogP contribution in [-0.2, 0) is 6.54 Å². The van der Waals surface area contributed by atoms with Crippen LogP contribution in [0.4, 0.5) is 0 Å². The molecule has 7 heteroatoms. The number of para-hydroxylation sites is 1. The van der Waals surface area contributed by atoms with Gasteiger partial charge in [-0.2, -0.15) is 0 Å². The second-order valence-corrected chi connectivity index (χ2v) is 6.78. The van der Waals surface area contributed by atoms with Gasteiger partial charge in [0.15, 0.2) is 0 Å². The zero-order valence-corrected chi connectivity index (χ0v) is 14.2. The third-order valence-corrected chi connectivity index (χ3v) is 5.00. The number of hydrogen-bond donors (Lipinski definition) is 2. The summed E-state index contributed by atoms with van der Waals surface area (Å²) in [6.07, 6.45) is 6.16. The largest absolute Gasteiger partial charge is 0.351 e. The highest BCUT2D eigenvalue weighted by Gasteiger charge is 2.13. The normalized spacial score (nSPS) is 11.2. The maximum absolute atomic E-state index is 12.4. The second kappa shape index (κ2) is 6.52. The fraction of sp³-hybridized carbons (Fsp3) is 0.167. The Balaban J connectivity index is 1.53. The lowest BCUT2D eigenvalue weighted by Crippen LogP contribution is -2.25. The Kier molecular flexibility index (Phi) is 4.07. The number of aromatic nitrogens is 3. The molecule has 0 atom stereocenters. The van der Waals surface area contributed by atoms with Crippen LogP contribution in [0.2, 0.25) is 0 Å². The summed E-state index contributed by atoms with van der Waals surface area (Å²) in [7, 11) is 0. The Labute approximate surface area is 147 Å². The number of amides is 1. The zero-order chi connectivity index (χ0) is 17.2. The van der Waals surface area contributed by atoms with Crippen LogP contribution in [0.25, 0.3) is 21.8 Å². The average molecular weight is 352 g/mol. The SMILES string of the molecule is O=C(NCCCn1ccnc1)c1cc2c([nH]c3ccccc32)c(=O)s1. The average Bonchev–Trinajstić information content (AvgIpc) is 3.26. The Hall–Kier alpha value is -2.93. The van der Waals surface area contributed by atoms with Gasteiger partial charge in [0.1, 0.15) is 5.52 Å². The van der Waals surface area contributed by atoms with Crippen molar-refractivity contribution in [3.8, 4) is 0 Å². The van der Waals surface area contributed by atoms with Crippen molar-refractivity contribution in [2.24, 2.45) is 0 Å². The molecule has 1 aromatic carbocycles. The zero-order valence-electron chi connectivity index (χ0n) is 13.4. The first kappa shape index (κ1) is 15.6. The van der Waals surface area contributed by atoms with E-state index in [0.29, 0.717) is 16.9 Å². The van der Waals surface area contributed by atoms with Gasteiger partial charge >= 0.3 is 0 Å². The molecule has 0 radical (unpaired) electrons. The van der Waals surface area contributed by atoms with Crippen molar-refractivity contribution in [2.45, 2.75) is 13.0 Å². The van der Waals surface area contributed by atoms with E-state index in [9.17, 15) is 9.59 Å². The summed E-state index contributed by atoms with van der Waals surface area (Å²) in [5.74, 6) is -0.208. The number of hydrogen-bond acceptors (Lipinski definition) is 4. The molecule has 3 aromatic heterocycles. The summed E-state index contributed by atoms with van der Waals surface area (Å²) in [6, 6.07) is 9.51. The molecular formula is C18H16N4O2S. The number of imidazole rings is 1. The van der Waals surface area contributed by atoms with E-state index in [1.807, 2.05) is 35.0 Å². The van der Waals surface area contributed by atoms with E-state index in [0.717, 1.165) is 40.6 Å². The molecule has 0 spiro atoms. The Morgan fingerprint density at radius 3 is 3.00 bits per heavy atom. The summed E-state index contributed by atoms with van der Waals surface area (Å²) in [5.41, 5.74) is 1.46. The first-order chi connectivity index (χ1) is 12.2. The summed E-state index contributed by atoms with van der Waals surface area (Å²) in [5, 5.41) is 4.63. The van der Waals surface area contributed by atoms with Crippen molar-refractivity contribution < 1.29 is 4.79 Å². The molecule has 4 aromatic rings. The molecule has 6 nitrogen and oxygen atoms in total. The number of benzene rings is 1. The van der Waals surface area contributed by atoms with Gasteiger partial charge in [0.05, 0.1) is 11.2 Å². The maximum Gasteiger partial charge on any atom is 0.261 e. The van der Waals surface area contributed by atoms with Crippen molar-refractivity contribution in [2.75, 3.05) is 6.54 Å². The number of carbonyl (C=O) groups is 1. The molecule has 0 bridgehead atoms. The first-order valence-electron chi connectivity index (χ1n) is 8.01. The van der Waals surface area contributed by atoms with E-state index >= 15 is 0 Å². The van der Waals surface area contributed by atoms with Crippen LogP contribution in [0.5, 0.6) is 0 Å². The smallest absolute Gasteiger partial charge is 0.261 e. The number of fused-ring (bicyclic) bond motifs is 3. The summed E-state index contributed by atoms with van der Waals surface area (Å²) in [6.45, 7) is 1.34. The van der Waals surface area contributed by atoms with E-state index in [-0.39, 0.29) is 10.6 Å². The Bertz CT molecular complexity index is 1100. The lowest BCUT2D eigenvalue weighted by Gasteiger charge is -2.05. The summed E-state index contributed by atoms with van der Waals surface area (Å²) >= 11 is 0.972. The fourth-order valence-electron chi connectivity index (χ4n) is 2.87. The van der Waals surface area contributed by atoms with Gasteiger partial charge in [-0.05, 0) is 18.6 Å². The number of H-pyrrole nitrogens is 1. The molecule has 1 amide bonds. The molecule has 3 heterocycles. The van der Waals surface area contributed by atoms with E-state index in [2.05, 4.69) is 15.3 Å². The Morgan fingerprint density at radius 1 is 1.28 bits per heavy atom. The predicted octanol–water partition coefficient (Wildman–Crippen LogP) is 2.76. The molecule has 0 aliphatic rings. The molecule has 0 fully saturated rings. The number of aryl methyl sites for hydroxylation is 1. The summed E-state index contributed by atoms with van der Waals surface area (Å²) in [4.78, 5) is 32.3. The van der Waals surface area contributed by atoms with Gasteiger partial charge < -0.3 is 14.9 Å². The molecule has 126 valence electrons. The highest BCUT2D eigenvalue weighted by Crippen LogP contribution is 2.25. The van der Waals surface area contributed by atoms with Crippen LogP contribution >= 0.6 is 11.3 Å². The van der Waals surface area contributed by atoms with Crippen LogP contribution in [-0.4, -0.2) is 27.0 Å². The van der Waals surface area contributed by atoms with Crippen molar-refractivity contribution >= 4 is 39.0 Å². The lowest BCUT2D eigenvalue weighted by atomic mass is 10.2. The molecule has 0 unspecified atom stereocenters. The van der Waals surface area contributed by atoms with Crippen LogP contribution in [0.3, 0.4) is 0 Å². The first-order valence-corrected chi connectivity index (χ1v) is 8.82. The molecule has 4 rings (SSSR count). The fourth-order valence-corrected chi connectivity index (χ4v) is 3.67. The third kappa shape index (κ3) is 3.06. The lowest BCUT2D eigenvalue weighted by molar-refractivity contribution is 0.0956. The highest BCUT2D eigenvalue weighted by atomic mass is 32.1. The van der Waals surface area contributed by atoms with Gasteiger partial charge in [-0.15, -0.1) is 0 Å². The van der Waals surface area contributed by atoms with Crippen LogP contribution in [0, 0.1) is 0 Å². The molecule has 0 aliphatic carbocycles. The number of nitrogens with one attached hydrogen (secondary N) is 2. The monoisotopic (exact) mass is 352 g/mol. The summed E-state index contributed by atoms with van der Waals surface area (Å²) < 4.78 is 1.83. The van der Waals surface area contributed by atoms with Gasteiger partial charge in [0, 0.05) is 41.8 Å². The van der Waals surface area contributed by atoms with Crippen molar-refractivity contribution in [3.63, 3.8) is 0 Å².